The summed E-state index contributed by atoms with van der Waals surface area (Å²) in [7, 11) is 0. The largest absolute Gasteiger partial charge is 0.351 e. The molecule has 0 aliphatic carbocycles. The molecule has 0 fully saturated rings. The summed E-state index contributed by atoms with van der Waals surface area (Å²) in [6.07, 6.45) is 2.51. The highest BCUT2D eigenvalue weighted by Gasteiger charge is 2.14. The van der Waals surface area contributed by atoms with Crippen LogP contribution in [0.5, 0.6) is 0 Å². The predicted molar refractivity (Wildman–Crippen MR) is 82.0 cm³/mol. The number of fused-ring (bicyclic) bond motifs is 1. The van der Waals surface area contributed by atoms with Crippen molar-refractivity contribution in [1.29, 1.82) is 0 Å². The lowest BCUT2D eigenvalue weighted by atomic mass is 10.0. The van der Waals surface area contributed by atoms with E-state index < -0.39 is 0 Å². The number of hydrogen-bond donors (Lipinski definition) is 1. The molecule has 1 amide bonds. The van der Waals surface area contributed by atoms with Crippen molar-refractivity contribution in [2.75, 3.05) is 19.6 Å². The molecule has 0 saturated carbocycles. The van der Waals surface area contributed by atoms with E-state index >= 15 is 0 Å². The summed E-state index contributed by atoms with van der Waals surface area (Å²) in [5.74, 6) is 5.98. The fraction of sp³-hybridized carbons (Fsp3) is 0.294. The molecular formula is C17H17N3O2. The SMILES string of the molecule is O=C(NCC#CCN1CCc2ccccc2C1)c1ccno1. The molecule has 0 unspecified atom stereocenters. The van der Waals surface area contributed by atoms with Gasteiger partial charge in [-0.3, -0.25) is 9.69 Å². The van der Waals surface area contributed by atoms with E-state index in [1.54, 1.807) is 0 Å². The van der Waals surface area contributed by atoms with Gasteiger partial charge in [-0.1, -0.05) is 41.3 Å². The molecule has 0 saturated heterocycles. The van der Waals surface area contributed by atoms with Gasteiger partial charge in [0.2, 0.25) is 5.76 Å². The molecule has 0 spiro atoms. The first-order valence-corrected chi connectivity index (χ1v) is 7.26. The van der Waals surface area contributed by atoms with Crippen molar-refractivity contribution in [3.63, 3.8) is 0 Å². The lowest BCUT2D eigenvalue weighted by molar-refractivity contribution is 0.0922. The molecule has 0 atom stereocenters. The number of amides is 1. The quantitative estimate of drug-likeness (QED) is 0.871. The molecule has 0 bridgehead atoms. The van der Waals surface area contributed by atoms with Gasteiger partial charge in [0.25, 0.3) is 5.91 Å². The molecule has 1 aliphatic heterocycles. The Balaban J connectivity index is 1.43. The molecule has 112 valence electrons. The number of nitrogens with zero attached hydrogens (tertiary/aromatic N) is 2. The van der Waals surface area contributed by atoms with Crippen molar-refractivity contribution in [2.24, 2.45) is 0 Å². The van der Waals surface area contributed by atoms with Crippen LogP contribution in [0.4, 0.5) is 0 Å². The summed E-state index contributed by atoms with van der Waals surface area (Å²) in [6, 6.07) is 10.1. The molecule has 22 heavy (non-hydrogen) atoms. The Kier molecular flexibility index (Phi) is 4.52. The third kappa shape index (κ3) is 3.54. The Morgan fingerprint density at radius 1 is 1.27 bits per heavy atom. The van der Waals surface area contributed by atoms with Crippen LogP contribution in [0.15, 0.2) is 41.1 Å². The molecule has 1 aromatic heterocycles. The van der Waals surface area contributed by atoms with E-state index in [1.807, 2.05) is 0 Å². The maximum absolute atomic E-state index is 11.6. The van der Waals surface area contributed by atoms with Crippen molar-refractivity contribution in [1.82, 2.24) is 15.4 Å². The summed E-state index contributed by atoms with van der Waals surface area (Å²) in [6.45, 7) is 2.99. The summed E-state index contributed by atoms with van der Waals surface area (Å²) in [5.41, 5.74) is 2.82. The summed E-state index contributed by atoms with van der Waals surface area (Å²) in [5, 5.41) is 6.16. The third-order valence-electron chi connectivity index (χ3n) is 3.64. The number of nitrogens with one attached hydrogen (secondary N) is 1. The maximum atomic E-state index is 11.6. The van der Waals surface area contributed by atoms with Crippen LogP contribution in [0.1, 0.15) is 21.7 Å². The van der Waals surface area contributed by atoms with E-state index in [2.05, 4.69) is 51.5 Å². The highest BCUT2D eigenvalue weighted by Crippen LogP contribution is 2.17. The monoisotopic (exact) mass is 295 g/mol. The van der Waals surface area contributed by atoms with Crippen molar-refractivity contribution >= 4 is 5.91 Å². The average molecular weight is 295 g/mol. The van der Waals surface area contributed by atoms with Gasteiger partial charge in [-0.25, -0.2) is 0 Å². The minimum Gasteiger partial charge on any atom is -0.351 e. The van der Waals surface area contributed by atoms with Gasteiger partial charge in [0.05, 0.1) is 19.3 Å². The topological polar surface area (TPSA) is 58.4 Å². The zero-order chi connectivity index (χ0) is 15.2. The number of carbonyl (C=O) groups is 1. The number of carbonyl (C=O) groups excluding carboxylic acids is 1. The van der Waals surface area contributed by atoms with E-state index in [4.69, 9.17) is 4.52 Å². The third-order valence-corrected chi connectivity index (χ3v) is 3.64. The molecule has 3 rings (SSSR count). The van der Waals surface area contributed by atoms with Gasteiger partial charge in [0, 0.05) is 19.2 Å². The molecule has 0 radical (unpaired) electrons. The molecule has 5 heteroatoms. The van der Waals surface area contributed by atoms with Gasteiger partial charge in [0.1, 0.15) is 0 Å². The van der Waals surface area contributed by atoms with Gasteiger partial charge >= 0.3 is 0 Å². The van der Waals surface area contributed by atoms with Gasteiger partial charge in [-0.15, -0.1) is 0 Å². The van der Waals surface area contributed by atoms with Crippen LogP contribution in [0.3, 0.4) is 0 Å². The fourth-order valence-corrected chi connectivity index (χ4v) is 2.46. The van der Waals surface area contributed by atoms with Gasteiger partial charge < -0.3 is 9.84 Å². The van der Waals surface area contributed by atoms with E-state index in [1.165, 1.54) is 23.4 Å². The summed E-state index contributed by atoms with van der Waals surface area (Å²) < 4.78 is 4.76. The van der Waals surface area contributed by atoms with Crippen LogP contribution >= 0.6 is 0 Å². The molecule has 1 aromatic carbocycles. The molecule has 1 aliphatic rings. The van der Waals surface area contributed by atoms with Crippen LogP contribution in [-0.4, -0.2) is 35.6 Å². The normalized spacial score (nSPS) is 13.8. The van der Waals surface area contributed by atoms with Gasteiger partial charge in [-0.05, 0) is 17.5 Å². The van der Waals surface area contributed by atoms with E-state index in [9.17, 15) is 4.79 Å². The first-order chi connectivity index (χ1) is 10.8. The highest BCUT2D eigenvalue weighted by atomic mass is 16.5. The Labute approximate surface area is 129 Å². The van der Waals surface area contributed by atoms with Gasteiger partial charge in [-0.2, -0.15) is 0 Å². The minimum absolute atomic E-state index is 0.203. The van der Waals surface area contributed by atoms with Crippen molar-refractivity contribution in [3.8, 4) is 11.8 Å². The standard InChI is InChI=1S/C17H17N3O2/c21-17(16-7-10-19-22-16)18-9-3-4-11-20-12-8-14-5-1-2-6-15(14)13-20/h1-2,5-7,10H,8-9,11-13H2,(H,18,21). The second-order valence-electron chi connectivity index (χ2n) is 5.14. The van der Waals surface area contributed by atoms with Crippen LogP contribution in [0.25, 0.3) is 0 Å². The Bertz CT molecular complexity index is 698. The molecule has 1 N–H and O–H groups in total. The minimum atomic E-state index is -0.293. The Morgan fingerprint density at radius 2 is 2.14 bits per heavy atom. The first-order valence-electron chi connectivity index (χ1n) is 7.26. The number of rotatable bonds is 3. The second-order valence-corrected chi connectivity index (χ2v) is 5.14. The smallest absolute Gasteiger partial charge is 0.290 e. The lowest BCUT2D eigenvalue weighted by Crippen LogP contribution is -2.30. The molecule has 2 heterocycles. The van der Waals surface area contributed by atoms with Gasteiger partial charge in [0.15, 0.2) is 0 Å². The zero-order valence-electron chi connectivity index (χ0n) is 12.2. The van der Waals surface area contributed by atoms with E-state index in [-0.39, 0.29) is 11.7 Å². The van der Waals surface area contributed by atoms with Crippen molar-refractivity contribution in [3.05, 3.63) is 53.4 Å². The summed E-state index contributed by atoms with van der Waals surface area (Å²) >= 11 is 0. The molecular weight excluding hydrogens is 278 g/mol. The Morgan fingerprint density at radius 3 is 2.95 bits per heavy atom. The number of hydrogen-bond acceptors (Lipinski definition) is 4. The number of benzene rings is 1. The summed E-state index contributed by atoms with van der Waals surface area (Å²) in [4.78, 5) is 13.9. The van der Waals surface area contributed by atoms with Crippen LogP contribution < -0.4 is 5.32 Å². The molecule has 2 aromatic rings. The maximum Gasteiger partial charge on any atom is 0.290 e. The van der Waals surface area contributed by atoms with E-state index in [0.29, 0.717) is 13.1 Å². The first kappa shape index (κ1) is 14.4. The van der Waals surface area contributed by atoms with Crippen molar-refractivity contribution < 1.29 is 9.32 Å². The second kappa shape index (κ2) is 6.92. The molecule has 5 nitrogen and oxygen atoms in total. The lowest BCUT2D eigenvalue weighted by Gasteiger charge is -2.26. The average Bonchev–Trinajstić information content (AvgIpc) is 3.09. The van der Waals surface area contributed by atoms with Crippen LogP contribution in [0.2, 0.25) is 0 Å². The number of aromatic nitrogens is 1. The van der Waals surface area contributed by atoms with Crippen LogP contribution in [0, 0.1) is 11.8 Å². The fourth-order valence-electron chi connectivity index (χ4n) is 2.46. The van der Waals surface area contributed by atoms with Crippen LogP contribution in [-0.2, 0) is 13.0 Å². The zero-order valence-corrected chi connectivity index (χ0v) is 12.2. The van der Waals surface area contributed by atoms with Crippen molar-refractivity contribution in [2.45, 2.75) is 13.0 Å². The highest BCUT2D eigenvalue weighted by molar-refractivity contribution is 5.91. The predicted octanol–water partition coefficient (Wildman–Crippen LogP) is 1.47. The Hall–Kier alpha value is -2.58. The van der Waals surface area contributed by atoms with E-state index in [0.717, 1.165) is 19.5 Å².